The van der Waals surface area contributed by atoms with E-state index in [1.165, 1.54) is 17.0 Å². The quantitative estimate of drug-likeness (QED) is 0.594. The van der Waals surface area contributed by atoms with E-state index in [1.807, 2.05) is 6.07 Å². The van der Waals surface area contributed by atoms with Crippen LogP contribution in [0.3, 0.4) is 0 Å². The number of benzene rings is 2. The molecule has 0 aromatic heterocycles. The molecule has 190 valence electrons. The smallest absolute Gasteiger partial charge is 0.255 e. The summed E-state index contributed by atoms with van der Waals surface area (Å²) >= 11 is 6.48. The van der Waals surface area contributed by atoms with Gasteiger partial charge < -0.3 is 20.9 Å². The number of hydrogen-bond acceptors (Lipinski definition) is 3. The van der Waals surface area contributed by atoms with E-state index in [0.717, 1.165) is 24.5 Å². The van der Waals surface area contributed by atoms with Gasteiger partial charge in [0.25, 0.3) is 5.91 Å². The maximum Gasteiger partial charge on any atom is 0.255 e. The minimum absolute atomic E-state index is 0.0453. The lowest BCUT2D eigenvalue weighted by Crippen LogP contribution is -2.48. The summed E-state index contributed by atoms with van der Waals surface area (Å²) in [4.78, 5) is 26.3. The maximum atomic E-state index is 13.8. The fourth-order valence-electron chi connectivity index (χ4n) is 4.93. The van der Waals surface area contributed by atoms with Crippen LogP contribution in [0.25, 0.3) is 11.1 Å². The van der Waals surface area contributed by atoms with Crippen LogP contribution in [0.15, 0.2) is 42.0 Å². The topological polar surface area (TPSA) is 83.7 Å². The van der Waals surface area contributed by atoms with Crippen LogP contribution in [-0.4, -0.2) is 48.6 Å². The Labute approximate surface area is 214 Å². The van der Waals surface area contributed by atoms with Crippen LogP contribution in [0.4, 0.5) is 8.78 Å². The van der Waals surface area contributed by atoms with Crippen molar-refractivity contribution in [3.8, 4) is 0 Å². The Morgan fingerprint density at radius 3 is 2.56 bits per heavy atom. The summed E-state index contributed by atoms with van der Waals surface area (Å²) in [7, 11) is 1.61. The summed E-state index contributed by atoms with van der Waals surface area (Å²) in [5.41, 5.74) is 2.47. The Hall–Kier alpha value is -3.26. The van der Waals surface area contributed by atoms with Crippen molar-refractivity contribution in [1.29, 1.82) is 0 Å². The highest BCUT2D eigenvalue weighted by atomic mass is 35.5. The van der Waals surface area contributed by atoms with Crippen molar-refractivity contribution < 1.29 is 18.4 Å². The fourth-order valence-corrected chi connectivity index (χ4v) is 5.22. The van der Waals surface area contributed by atoms with Crippen LogP contribution >= 0.6 is 11.6 Å². The number of nitrogens with one attached hydrogen (secondary N) is 2. The number of nitrogens with zero attached hydrogens (tertiary/aromatic N) is 2. The van der Waals surface area contributed by atoms with Gasteiger partial charge in [0.05, 0.1) is 10.6 Å². The summed E-state index contributed by atoms with van der Waals surface area (Å²) in [5, 5.41) is 17.1. The molecule has 2 heterocycles. The van der Waals surface area contributed by atoms with Gasteiger partial charge >= 0.3 is 0 Å². The summed E-state index contributed by atoms with van der Waals surface area (Å²) < 4.78 is 27.6. The number of amides is 2. The van der Waals surface area contributed by atoms with Gasteiger partial charge in [0.2, 0.25) is 5.91 Å². The molecule has 2 aromatic carbocycles. The van der Waals surface area contributed by atoms with Crippen LogP contribution in [0.1, 0.15) is 47.7 Å². The number of rotatable bonds is 6. The van der Waals surface area contributed by atoms with E-state index in [0.29, 0.717) is 53.7 Å². The number of piperidine rings is 1. The highest BCUT2D eigenvalue weighted by molar-refractivity contribution is 6.34. The lowest BCUT2D eigenvalue weighted by atomic mass is 9.90. The molecule has 4 rings (SSSR count). The molecule has 0 aliphatic carbocycles. The second-order valence-corrected chi connectivity index (χ2v) is 9.71. The monoisotopic (exact) mass is 513 g/mol. The molecule has 2 N–H and O–H groups in total. The third-order valence-electron chi connectivity index (χ3n) is 6.91. The lowest BCUT2D eigenvalue weighted by Gasteiger charge is -2.41. The van der Waals surface area contributed by atoms with E-state index in [-0.39, 0.29) is 23.1 Å². The summed E-state index contributed by atoms with van der Waals surface area (Å²) in [6, 6.07) is 7.86. The van der Waals surface area contributed by atoms with Gasteiger partial charge in [-0.15, -0.1) is 0 Å². The fraction of sp³-hybridized carbons (Fsp3) is 0.370. The predicted octanol–water partition coefficient (Wildman–Crippen LogP) is 4.56. The van der Waals surface area contributed by atoms with Crippen molar-refractivity contribution in [3.05, 3.63) is 80.7 Å². The Bertz CT molecular complexity index is 1230. The number of carbonyl (C=O) groups excluding carboxylic acids is 2. The second-order valence-electron chi connectivity index (χ2n) is 9.30. The molecule has 2 aromatic rings. The van der Waals surface area contributed by atoms with E-state index in [9.17, 15) is 23.8 Å². The highest BCUT2D eigenvalue weighted by Gasteiger charge is 2.30. The van der Waals surface area contributed by atoms with Gasteiger partial charge in [-0.1, -0.05) is 17.7 Å². The van der Waals surface area contributed by atoms with E-state index in [1.54, 1.807) is 26.1 Å². The number of halogens is 3. The van der Waals surface area contributed by atoms with Gasteiger partial charge in [-0.3, -0.25) is 9.59 Å². The Morgan fingerprint density at radius 1 is 1.22 bits per heavy atom. The number of likely N-dealkylation sites (tertiary alicyclic amines) is 1. The van der Waals surface area contributed by atoms with Crippen LogP contribution in [0.5, 0.6) is 0 Å². The molecule has 0 spiro atoms. The molecule has 1 unspecified atom stereocenters. The molecule has 2 atom stereocenters. The zero-order valence-electron chi connectivity index (χ0n) is 20.2. The van der Waals surface area contributed by atoms with Gasteiger partial charge in [-0.05, 0) is 67.5 Å². The molecule has 0 saturated carbocycles. The van der Waals surface area contributed by atoms with Gasteiger partial charge in [-0.2, -0.15) is 5.71 Å². The predicted molar refractivity (Wildman–Crippen MR) is 137 cm³/mol. The number of carbonyl (C=O) groups is 2. The minimum atomic E-state index is -0.718. The van der Waals surface area contributed by atoms with Crippen molar-refractivity contribution in [2.75, 3.05) is 20.1 Å². The first kappa shape index (κ1) is 25.8. The van der Waals surface area contributed by atoms with Crippen molar-refractivity contribution >= 4 is 34.8 Å². The summed E-state index contributed by atoms with van der Waals surface area (Å²) in [6.07, 6.45) is 2.44. The first-order valence-electron chi connectivity index (χ1n) is 12.0. The third kappa shape index (κ3) is 5.43. The average molecular weight is 514 g/mol. The highest BCUT2D eigenvalue weighted by Crippen LogP contribution is 2.30. The standard InChI is InChI=1S/C27H28ClF2N4O2/c1-15-25(31)22(26(32-2)18-11-19(29)13-20(30)12-18)7-8-34(15)27(36)21-6-5-16(9-23(21)28)3-4-17-10-24(35)33-14-17/h5-6,9,11-13,15,17,32H,3-4,7-8,10,14H2,1-2H3,(H,33,35)/q-1/b26-22-/t15-,17?/m0/s1. The molecule has 0 bridgehead atoms. The summed E-state index contributed by atoms with van der Waals surface area (Å²) in [6.45, 7) is 2.68. The summed E-state index contributed by atoms with van der Waals surface area (Å²) in [5.74, 6) is -1.36. The number of hydrogen-bond donors (Lipinski definition) is 2. The van der Waals surface area contributed by atoms with E-state index < -0.39 is 17.7 Å². The van der Waals surface area contributed by atoms with E-state index in [4.69, 9.17) is 11.6 Å². The minimum Gasteiger partial charge on any atom is -0.806 e. The van der Waals surface area contributed by atoms with Crippen LogP contribution < -0.4 is 10.6 Å². The van der Waals surface area contributed by atoms with Crippen LogP contribution in [0, 0.1) is 17.6 Å². The second kappa shape index (κ2) is 10.8. The Morgan fingerprint density at radius 2 is 1.94 bits per heavy atom. The van der Waals surface area contributed by atoms with E-state index in [2.05, 4.69) is 10.6 Å². The van der Waals surface area contributed by atoms with Crippen molar-refractivity contribution in [1.82, 2.24) is 15.5 Å². The first-order chi connectivity index (χ1) is 17.2. The van der Waals surface area contributed by atoms with E-state index >= 15 is 0 Å². The zero-order valence-corrected chi connectivity index (χ0v) is 21.0. The molecule has 2 amide bonds. The molecule has 2 saturated heterocycles. The molecular formula is C27H28ClF2N4O2-. The molecular weight excluding hydrogens is 486 g/mol. The third-order valence-corrected chi connectivity index (χ3v) is 7.22. The van der Waals surface area contributed by atoms with Crippen molar-refractivity contribution in [2.24, 2.45) is 5.92 Å². The largest absolute Gasteiger partial charge is 0.806 e. The Balaban J connectivity index is 1.49. The molecule has 2 fully saturated rings. The molecule has 36 heavy (non-hydrogen) atoms. The lowest BCUT2D eigenvalue weighted by molar-refractivity contribution is -0.119. The number of aryl methyl sites for hydroxylation is 1. The molecule has 2 aliphatic rings. The average Bonchev–Trinajstić information content (AvgIpc) is 3.25. The zero-order chi connectivity index (χ0) is 26.0. The van der Waals surface area contributed by atoms with Crippen molar-refractivity contribution in [2.45, 2.75) is 38.6 Å². The van der Waals surface area contributed by atoms with Crippen LogP contribution in [-0.2, 0) is 11.2 Å². The van der Waals surface area contributed by atoms with Gasteiger partial charge in [0.15, 0.2) is 0 Å². The van der Waals surface area contributed by atoms with Gasteiger partial charge in [0, 0.05) is 49.9 Å². The van der Waals surface area contributed by atoms with Gasteiger partial charge in [-0.25, -0.2) is 8.78 Å². The van der Waals surface area contributed by atoms with Gasteiger partial charge in [0.1, 0.15) is 11.6 Å². The first-order valence-corrected chi connectivity index (χ1v) is 12.3. The maximum absolute atomic E-state index is 13.8. The SMILES string of the molecule is CN/C(=C1/CCN(C(=O)c2ccc(CCC3CNC(=O)C3)cc2Cl)[C@@H](C)C1=[N-])c1cc(F)cc(F)c1. The molecule has 2 aliphatic heterocycles. The molecule has 9 heteroatoms. The molecule has 0 radical (unpaired) electrons. The van der Waals surface area contributed by atoms with Crippen LogP contribution in [0.2, 0.25) is 5.02 Å². The molecule has 6 nitrogen and oxygen atoms in total. The Kier molecular flexibility index (Phi) is 7.73. The normalized spacial score (nSPS) is 21.4. The van der Waals surface area contributed by atoms with Crippen molar-refractivity contribution in [3.63, 3.8) is 0 Å².